The van der Waals surface area contributed by atoms with Crippen LogP contribution in [0.25, 0.3) is 10.8 Å². The molecule has 0 atom stereocenters. The lowest BCUT2D eigenvalue weighted by Crippen LogP contribution is -2.36. The van der Waals surface area contributed by atoms with Gasteiger partial charge in [-0.2, -0.15) is 8.42 Å². The second-order valence-electron chi connectivity index (χ2n) is 8.19. The molecule has 0 unspecified atom stereocenters. The minimum Gasteiger partial charge on any atom is -0.379 e. The van der Waals surface area contributed by atoms with Gasteiger partial charge in [-0.15, -0.1) is 0 Å². The number of rotatable bonds is 7. The van der Waals surface area contributed by atoms with Crippen molar-refractivity contribution in [3.8, 4) is 5.75 Å². The highest BCUT2D eigenvalue weighted by atomic mass is 32.2. The molecule has 4 aromatic rings. The van der Waals surface area contributed by atoms with Gasteiger partial charge in [0.05, 0.1) is 0 Å². The van der Waals surface area contributed by atoms with E-state index in [1.165, 1.54) is 6.07 Å². The molecule has 0 saturated heterocycles. The lowest BCUT2D eigenvalue weighted by Gasteiger charge is -2.27. The monoisotopic (exact) mass is 477 g/mol. The van der Waals surface area contributed by atoms with Crippen molar-refractivity contribution in [2.75, 3.05) is 0 Å². The Morgan fingerprint density at radius 3 is 2.32 bits per heavy atom. The number of halogens is 1. The van der Waals surface area contributed by atoms with E-state index < -0.39 is 15.9 Å². The average molecular weight is 478 g/mol. The van der Waals surface area contributed by atoms with Crippen LogP contribution in [-0.2, 0) is 16.7 Å². The van der Waals surface area contributed by atoms with Crippen LogP contribution in [0.5, 0.6) is 5.75 Å². The van der Waals surface area contributed by atoms with E-state index in [2.05, 4.69) is 0 Å². The van der Waals surface area contributed by atoms with Crippen LogP contribution in [0.4, 0.5) is 4.39 Å². The molecule has 0 spiro atoms. The normalized spacial score (nSPS) is 11.5. The molecule has 34 heavy (non-hydrogen) atoms. The van der Waals surface area contributed by atoms with Crippen molar-refractivity contribution >= 4 is 26.8 Å². The first kappa shape index (κ1) is 23.4. The van der Waals surface area contributed by atoms with Crippen molar-refractivity contribution < 1.29 is 21.8 Å². The van der Waals surface area contributed by atoms with Crippen LogP contribution in [-0.4, -0.2) is 25.3 Å². The van der Waals surface area contributed by atoms with Gasteiger partial charge in [-0.25, -0.2) is 4.39 Å². The summed E-state index contributed by atoms with van der Waals surface area (Å²) in [4.78, 5) is 15.1. The maximum Gasteiger partial charge on any atom is 0.339 e. The van der Waals surface area contributed by atoms with Crippen molar-refractivity contribution in [3.05, 3.63) is 108 Å². The summed E-state index contributed by atoms with van der Waals surface area (Å²) in [6.45, 7) is 4.14. The molecule has 0 saturated carbocycles. The van der Waals surface area contributed by atoms with Crippen LogP contribution in [0.15, 0.2) is 95.9 Å². The summed E-state index contributed by atoms with van der Waals surface area (Å²) in [6, 6.07) is 24.3. The highest BCUT2D eigenvalue weighted by Crippen LogP contribution is 2.24. The number of carbonyl (C=O) groups excluding carboxylic acids is 1. The van der Waals surface area contributed by atoms with Gasteiger partial charge in [-0.3, -0.25) is 4.79 Å². The molecule has 5 nitrogen and oxygen atoms in total. The van der Waals surface area contributed by atoms with Crippen LogP contribution in [0.1, 0.15) is 29.8 Å². The second kappa shape index (κ2) is 9.65. The highest BCUT2D eigenvalue weighted by molar-refractivity contribution is 7.87. The third-order valence-electron chi connectivity index (χ3n) is 5.46. The minimum absolute atomic E-state index is 0.0982. The molecule has 0 aliphatic rings. The molecule has 0 aliphatic heterocycles. The summed E-state index contributed by atoms with van der Waals surface area (Å²) in [5.41, 5.74) is 1.33. The Bertz CT molecular complexity index is 1430. The number of fused-ring (bicyclic) bond motifs is 1. The number of nitrogens with zero attached hydrogens (tertiary/aromatic N) is 1. The summed E-state index contributed by atoms with van der Waals surface area (Å²) in [5, 5.41) is 1.86. The van der Waals surface area contributed by atoms with Gasteiger partial charge in [0.15, 0.2) is 0 Å². The summed E-state index contributed by atoms with van der Waals surface area (Å²) in [7, 11) is -4.12. The molecule has 0 aliphatic carbocycles. The molecule has 4 rings (SSSR count). The zero-order chi connectivity index (χ0) is 24.3. The van der Waals surface area contributed by atoms with Gasteiger partial charge in [-0.1, -0.05) is 48.5 Å². The van der Waals surface area contributed by atoms with Crippen molar-refractivity contribution in [3.63, 3.8) is 0 Å². The van der Waals surface area contributed by atoms with E-state index in [1.807, 2.05) is 62.4 Å². The summed E-state index contributed by atoms with van der Waals surface area (Å²) in [6.07, 6.45) is 0. The summed E-state index contributed by atoms with van der Waals surface area (Å²) < 4.78 is 43.5. The van der Waals surface area contributed by atoms with E-state index in [9.17, 15) is 17.6 Å². The number of hydrogen-bond acceptors (Lipinski definition) is 4. The summed E-state index contributed by atoms with van der Waals surface area (Å²) >= 11 is 0. The zero-order valence-electron chi connectivity index (χ0n) is 18.8. The molecule has 174 valence electrons. The smallest absolute Gasteiger partial charge is 0.339 e. The lowest BCUT2D eigenvalue weighted by atomic mass is 10.0. The van der Waals surface area contributed by atoms with Gasteiger partial charge >= 0.3 is 10.1 Å². The van der Waals surface area contributed by atoms with Gasteiger partial charge in [0.2, 0.25) is 0 Å². The third kappa shape index (κ3) is 5.10. The lowest BCUT2D eigenvalue weighted by molar-refractivity contribution is 0.0692. The fraction of sp³-hybridized carbons (Fsp3) is 0.148. The molecule has 0 fully saturated rings. The molecule has 7 heteroatoms. The number of amides is 1. The number of carbonyl (C=O) groups is 1. The van der Waals surface area contributed by atoms with Crippen LogP contribution in [0, 0.1) is 5.82 Å². The minimum atomic E-state index is -4.12. The maximum absolute atomic E-state index is 13.5. The zero-order valence-corrected chi connectivity index (χ0v) is 19.6. The first-order valence-corrected chi connectivity index (χ1v) is 12.2. The Labute approximate surface area is 198 Å². The fourth-order valence-corrected chi connectivity index (χ4v) is 4.65. The maximum atomic E-state index is 13.5. The fourth-order valence-electron chi connectivity index (χ4n) is 3.72. The Morgan fingerprint density at radius 1 is 0.912 bits per heavy atom. The largest absolute Gasteiger partial charge is 0.379 e. The average Bonchev–Trinajstić information content (AvgIpc) is 2.82. The molecule has 0 N–H and O–H groups in total. The number of benzene rings is 4. The molecule has 0 heterocycles. The van der Waals surface area contributed by atoms with Crippen LogP contribution >= 0.6 is 0 Å². The van der Waals surface area contributed by atoms with Gasteiger partial charge < -0.3 is 9.08 Å². The molecule has 0 aromatic heterocycles. The SMILES string of the molecule is CC(C)N(Cc1cccc(OS(=O)(=O)c2ccc(F)cc2)c1)C(=O)c1cccc2ccccc12. The van der Waals surface area contributed by atoms with Crippen molar-refractivity contribution in [2.24, 2.45) is 0 Å². The van der Waals surface area contributed by atoms with Crippen LogP contribution in [0.2, 0.25) is 0 Å². The molecule has 4 aromatic carbocycles. The number of hydrogen-bond donors (Lipinski definition) is 0. The standard InChI is InChI=1S/C27H24FNO4S/c1-19(2)29(27(30)26-12-6-9-21-8-3-4-11-25(21)26)18-20-7-5-10-23(17-20)33-34(31,32)24-15-13-22(28)14-16-24/h3-17,19H,18H2,1-2H3. The topological polar surface area (TPSA) is 63.7 Å². The van der Waals surface area contributed by atoms with E-state index in [0.717, 1.165) is 35.0 Å². The Balaban J connectivity index is 1.59. The first-order chi connectivity index (χ1) is 16.2. The first-order valence-electron chi connectivity index (χ1n) is 10.8. The summed E-state index contributed by atoms with van der Waals surface area (Å²) in [5.74, 6) is -0.536. The molecule has 0 bridgehead atoms. The Kier molecular flexibility index (Phi) is 6.65. The molecular formula is C27H24FNO4S. The second-order valence-corrected chi connectivity index (χ2v) is 9.74. The van der Waals surface area contributed by atoms with E-state index in [4.69, 9.17) is 4.18 Å². The quantitative estimate of drug-likeness (QED) is 0.316. The van der Waals surface area contributed by atoms with Gasteiger partial charge in [0.25, 0.3) is 5.91 Å². The van der Waals surface area contributed by atoms with Gasteiger partial charge in [-0.05, 0) is 72.6 Å². The van der Waals surface area contributed by atoms with Crippen LogP contribution < -0.4 is 4.18 Å². The van der Waals surface area contributed by atoms with E-state index in [0.29, 0.717) is 11.1 Å². The predicted octanol–water partition coefficient (Wildman–Crippen LogP) is 5.80. The van der Waals surface area contributed by atoms with E-state index in [-0.39, 0.29) is 29.1 Å². The Morgan fingerprint density at radius 2 is 1.59 bits per heavy atom. The molecule has 0 radical (unpaired) electrons. The van der Waals surface area contributed by atoms with Crippen molar-refractivity contribution in [1.29, 1.82) is 0 Å². The molecular weight excluding hydrogens is 453 g/mol. The Hall–Kier alpha value is -3.71. The van der Waals surface area contributed by atoms with E-state index in [1.54, 1.807) is 17.0 Å². The van der Waals surface area contributed by atoms with E-state index >= 15 is 0 Å². The molecule has 1 amide bonds. The van der Waals surface area contributed by atoms with Gasteiger partial charge in [0.1, 0.15) is 16.5 Å². The van der Waals surface area contributed by atoms with Crippen LogP contribution in [0.3, 0.4) is 0 Å². The van der Waals surface area contributed by atoms with Gasteiger partial charge in [0, 0.05) is 18.2 Å². The third-order valence-corrected chi connectivity index (χ3v) is 6.73. The van der Waals surface area contributed by atoms with Crippen molar-refractivity contribution in [2.45, 2.75) is 31.3 Å². The predicted molar refractivity (Wildman–Crippen MR) is 130 cm³/mol. The van der Waals surface area contributed by atoms with Crippen molar-refractivity contribution in [1.82, 2.24) is 4.90 Å². The highest BCUT2D eigenvalue weighted by Gasteiger charge is 2.22.